The quantitative estimate of drug-likeness (QED) is 0.834. The Labute approximate surface area is 155 Å². The number of hydrogen-bond acceptors (Lipinski definition) is 4. The van der Waals surface area contributed by atoms with E-state index in [9.17, 15) is 18.3 Å². The summed E-state index contributed by atoms with van der Waals surface area (Å²) in [6.45, 7) is 2.48. The Balaban J connectivity index is 1.65. The van der Waals surface area contributed by atoms with Gasteiger partial charge in [0.1, 0.15) is 0 Å². The minimum atomic E-state index is -3.58. The molecule has 144 valence electrons. The van der Waals surface area contributed by atoms with Crippen LogP contribution in [0.4, 0.5) is 0 Å². The molecule has 3 rings (SSSR count). The largest absolute Gasteiger partial charge is 0.393 e. The van der Waals surface area contributed by atoms with Crippen molar-refractivity contribution in [3.05, 3.63) is 29.8 Å². The molecule has 1 unspecified atom stereocenters. The second-order valence-corrected chi connectivity index (χ2v) is 9.39. The van der Waals surface area contributed by atoms with Crippen molar-refractivity contribution < 1.29 is 18.3 Å². The third-order valence-corrected chi connectivity index (χ3v) is 7.53. The molecule has 26 heavy (non-hydrogen) atoms. The van der Waals surface area contributed by atoms with E-state index in [0.717, 1.165) is 18.4 Å². The Morgan fingerprint density at radius 3 is 2.54 bits per heavy atom. The monoisotopic (exact) mass is 380 g/mol. The lowest BCUT2D eigenvalue weighted by molar-refractivity contribution is -0.127. The highest BCUT2D eigenvalue weighted by Gasteiger charge is 2.34. The number of nitrogens with zero attached hydrogens (tertiary/aromatic N) is 1. The zero-order chi connectivity index (χ0) is 18.7. The van der Waals surface area contributed by atoms with Crippen LogP contribution in [0.2, 0.25) is 0 Å². The molecule has 7 heteroatoms. The van der Waals surface area contributed by atoms with Crippen LogP contribution in [-0.4, -0.2) is 49.0 Å². The van der Waals surface area contributed by atoms with Gasteiger partial charge < -0.3 is 10.4 Å². The number of carbonyl (C=O) groups excluding carboxylic acids is 1. The summed E-state index contributed by atoms with van der Waals surface area (Å²) in [6.07, 6.45) is 4.13. The van der Waals surface area contributed by atoms with Gasteiger partial charge in [0.05, 0.1) is 16.9 Å². The highest BCUT2D eigenvalue weighted by Crippen LogP contribution is 2.26. The highest BCUT2D eigenvalue weighted by molar-refractivity contribution is 7.89. The molecule has 6 nitrogen and oxygen atoms in total. The van der Waals surface area contributed by atoms with Gasteiger partial charge in [-0.3, -0.25) is 4.79 Å². The average molecular weight is 381 g/mol. The fourth-order valence-corrected chi connectivity index (χ4v) is 5.65. The van der Waals surface area contributed by atoms with Crippen LogP contribution >= 0.6 is 0 Å². The average Bonchev–Trinajstić information content (AvgIpc) is 2.64. The molecule has 1 aromatic carbocycles. The molecular formula is C19H28N2O4S. The van der Waals surface area contributed by atoms with Gasteiger partial charge in [0, 0.05) is 19.1 Å². The van der Waals surface area contributed by atoms with E-state index in [4.69, 9.17) is 0 Å². The summed E-state index contributed by atoms with van der Waals surface area (Å²) in [4.78, 5) is 13.0. The maximum Gasteiger partial charge on any atom is 0.243 e. The third-order valence-electron chi connectivity index (χ3n) is 5.51. The first-order valence-corrected chi connectivity index (χ1v) is 10.9. The van der Waals surface area contributed by atoms with Crippen molar-refractivity contribution in [2.75, 3.05) is 13.1 Å². The number of aryl methyl sites for hydroxylation is 1. The van der Waals surface area contributed by atoms with E-state index in [1.807, 2.05) is 6.07 Å². The maximum absolute atomic E-state index is 13.0. The molecule has 0 aromatic heterocycles. The normalized spacial score (nSPS) is 27.8. The molecular weight excluding hydrogens is 352 g/mol. The summed E-state index contributed by atoms with van der Waals surface area (Å²) < 4.78 is 27.4. The van der Waals surface area contributed by atoms with E-state index < -0.39 is 10.0 Å². The van der Waals surface area contributed by atoms with E-state index in [0.29, 0.717) is 37.1 Å². The van der Waals surface area contributed by atoms with E-state index in [-0.39, 0.29) is 30.5 Å². The molecule has 1 aliphatic carbocycles. The number of carbonyl (C=O) groups is 1. The van der Waals surface area contributed by atoms with Gasteiger partial charge in [-0.05, 0) is 57.1 Å². The third kappa shape index (κ3) is 4.27. The standard InChI is InChI=1S/C19H28N2O4S/c1-14-5-2-3-7-18(14)26(24,25)21-12-4-6-15(13-21)19(23)20-16-8-10-17(22)11-9-16/h2-3,5,7,15-17,22H,4,6,8-13H2,1H3,(H,20,23). The summed E-state index contributed by atoms with van der Waals surface area (Å²) >= 11 is 0. The minimum absolute atomic E-state index is 0.0592. The van der Waals surface area contributed by atoms with Gasteiger partial charge in [-0.15, -0.1) is 0 Å². The zero-order valence-corrected chi connectivity index (χ0v) is 16.0. The second kappa shape index (κ2) is 8.06. The lowest BCUT2D eigenvalue weighted by atomic mass is 9.92. The lowest BCUT2D eigenvalue weighted by Crippen LogP contribution is -2.48. The molecule has 1 saturated heterocycles. The van der Waals surface area contributed by atoms with Crippen LogP contribution in [0.15, 0.2) is 29.2 Å². The molecule has 0 radical (unpaired) electrons. The van der Waals surface area contributed by atoms with Crippen LogP contribution in [0.1, 0.15) is 44.1 Å². The molecule has 1 amide bonds. The van der Waals surface area contributed by atoms with E-state index in [2.05, 4.69) is 5.32 Å². The van der Waals surface area contributed by atoms with Crippen molar-refractivity contribution in [3.8, 4) is 0 Å². The minimum Gasteiger partial charge on any atom is -0.393 e. The number of sulfonamides is 1. The molecule has 1 aliphatic heterocycles. The first kappa shape index (κ1) is 19.3. The van der Waals surface area contributed by atoms with Gasteiger partial charge in [0.2, 0.25) is 15.9 Å². The fourth-order valence-electron chi connectivity index (χ4n) is 3.90. The molecule has 1 saturated carbocycles. The van der Waals surface area contributed by atoms with Gasteiger partial charge >= 0.3 is 0 Å². The predicted octanol–water partition coefficient (Wildman–Crippen LogP) is 1.82. The van der Waals surface area contributed by atoms with E-state index in [1.165, 1.54) is 4.31 Å². The number of amides is 1. The molecule has 2 fully saturated rings. The van der Waals surface area contributed by atoms with Crippen LogP contribution in [-0.2, 0) is 14.8 Å². The zero-order valence-electron chi connectivity index (χ0n) is 15.2. The fraction of sp³-hybridized carbons (Fsp3) is 0.632. The number of aliphatic hydroxyl groups excluding tert-OH is 1. The second-order valence-electron chi connectivity index (χ2n) is 7.48. The summed E-state index contributed by atoms with van der Waals surface area (Å²) in [6, 6.07) is 7.06. The van der Waals surface area contributed by atoms with Gasteiger partial charge in [-0.25, -0.2) is 8.42 Å². The van der Waals surface area contributed by atoms with E-state index in [1.54, 1.807) is 25.1 Å². The molecule has 1 heterocycles. The first-order chi connectivity index (χ1) is 12.4. The van der Waals surface area contributed by atoms with E-state index >= 15 is 0 Å². The Morgan fingerprint density at radius 2 is 1.85 bits per heavy atom. The summed E-state index contributed by atoms with van der Waals surface area (Å²) in [5, 5.41) is 12.6. The lowest BCUT2D eigenvalue weighted by Gasteiger charge is -2.33. The Bertz CT molecular complexity index is 742. The number of nitrogens with one attached hydrogen (secondary N) is 1. The van der Waals surface area contributed by atoms with Crippen LogP contribution < -0.4 is 5.32 Å². The van der Waals surface area contributed by atoms with Crippen molar-refractivity contribution >= 4 is 15.9 Å². The number of aliphatic hydroxyl groups is 1. The first-order valence-electron chi connectivity index (χ1n) is 9.42. The van der Waals surface area contributed by atoms with Gasteiger partial charge in [0.15, 0.2) is 0 Å². The number of piperidine rings is 1. The Morgan fingerprint density at radius 1 is 1.15 bits per heavy atom. The van der Waals surface area contributed by atoms with Gasteiger partial charge in [-0.2, -0.15) is 4.31 Å². The smallest absolute Gasteiger partial charge is 0.243 e. The Hall–Kier alpha value is -1.44. The molecule has 2 aliphatic rings. The molecule has 0 spiro atoms. The van der Waals surface area contributed by atoms with Crippen LogP contribution in [0.25, 0.3) is 0 Å². The molecule has 2 N–H and O–H groups in total. The van der Waals surface area contributed by atoms with Crippen molar-refractivity contribution in [3.63, 3.8) is 0 Å². The van der Waals surface area contributed by atoms with Crippen molar-refractivity contribution in [2.45, 2.75) is 62.5 Å². The maximum atomic E-state index is 13.0. The number of rotatable bonds is 4. The molecule has 0 bridgehead atoms. The van der Waals surface area contributed by atoms with Crippen molar-refractivity contribution in [1.82, 2.24) is 9.62 Å². The predicted molar refractivity (Wildman–Crippen MR) is 99.1 cm³/mol. The van der Waals surface area contributed by atoms with Crippen LogP contribution in [0, 0.1) is 12.8 Å². The van der Waals surface area contributed by atoms with Crippen molar-refractivity contribution in [2.24, 2.45) is 5.92 Å². The molecule has 1 aromatic rings. The SMILES string of the molecule is Cc1ccccc1S(=O)(=O)N1CCCC(C(=O)NC2CCC(O)CC2)C1. The topological polar surface area (TPSA) is 86.7 Å². The van der Waals surface area contributed by atoms with Crippen LogP contribution in [0.3, 0.4) is 0 Å². The summed E-state index contributed by atoms with van der Waals surface area (Å²) in [5.74, 6) is -0.370. The number of hydrogen-bond donors (Lipinski definition) is 2. The van der Waals surface area contributed by atoms with Gasteiger partial charge in [-0.1, -0.05) is 18.2 Å². The highest BCUT2D eigenvalue weighted by atomic mass is 32.2. The van der Waals surface area contributed by atoms with Gasteiger partial charge in [0.25, 0.3) is 0 Å². The number of benzene rings is 1. The summed E-state index contributed by atoms with van der Waals surface area (Å²) in [5.41, 5.74) is 0.722. The van der Waals surface area contributed by atoms with Crippen molar-refractivity contribution in [1.29, 1.82) is 0 Å². The van der Waals surface area contributed by atoms with Crippen LogP contribution in [0.5, 0.6) is 0 Å². The Kier molecular flexibility index (Phi) is 5.99. The summed E-state index contributed by atoms with van der Waals surface area (Å²) in [7, 11) is -3.58. The molecule has 1 atom stereocenters.